The molecule has 0 unspecified atom stereocenters. The number of ether oxygens (including phenoxy) is 1. The van der Waals surface area contributed by atoms with Crippen molar-refractivity contribution in [2.24, 2.45) is 11.7 Å². The summed E-state index contributed by atoms with van der Waals surface area (Å²) in [5.41, 5.74) is 6.21. The Morgan fingerprint density at radius 2 is 2.23 bits per heavy atom. The molecule has 3 rings (SSSR count). The van der Waals surface area contributed by atoms with Crippen LogP contribution < -0.4 is 21.3 Å². The Morgan fingerprint density at radius 3 is 2.85 bits per heavy atom. The van der Waals surface area contributed by atoms with Gasteiger partial charge < -0.3 is 26.0 Å². The fraction of sp³-hybridized carbons (Fsp3) is 0.556. The van der Waals surface area contributed by atoms with Crippen LogP contribution in [0.2, 0.25) is 0 Å². The van der Waals surface area contributed by atoms with E-state index in [0.717, 1.165) is 6.54 Å². The summed E-state index contributed by atoms with van der Waals surface area (Å²) in [4.78, 5) is 25.5. The SMILES string of the molecule is NC[C@H](NCC1CCC1)C(=O)Nc1ccc(N2CCOCC2=O)c(F)c1. The van der Waals surface area contributed by atoms with Crippen LogP contribution >= 0.6 is 0 Å². The molecule has 1 saturated carbocycles. The van der Waals surface area contributed by atoms with E-state index in [4.69, 9.17) is 10.5 Å². The van der Waals surface area contributed by atoms with Crippen molar-refractivity contribution >= 4 is 23.2 Å². The van der Waals surface area contributed by atoms with Crippen molar-refractivity contribution in [2.75, 3.05) is 43.1 Å². The molecule has 1 aromatic carbocycles. The van der Waals surface area contributed by atoms with Crippen LogP contribution in [0.4, 0.5) is 15.8 Å². The number of anilines is 2. The first-order chi connectivity index (χ1) is 12.6. The van der Waals surface area contributed by atoms with Gasteiger partial charge in [-0.1, -0.05) is 6.42 Å². The Kier molecular flexibility index (Phi) is 6.18. The van der Waals surface area contributed by atoms with Gasteiger partial charge in [0.15, 0.2) is 0 Å². The van der Waals surface area contributed by atoms with Gasteiger partial charge in [0.05, 0.1) is 18.3 Å². The highest BCUT2D eigenvalue weighted by Gasteiger charge is 2.24. The lowest BCUT2D eigenvalue weighted by molar-refractivity contribution is -0.125. The predicted molar refractivity (Wildman–Crippen MR) is 96.4 cm³/mol. The number of carbonyl (C=O) groups is 2. The summed E-state index contributed by atoms with van der Waals surface area (Å²) in [7, 11) is 0. The monoisotopic (exact) mass is 364 g/mol. The van der Waals surface area contributed by atoms with Gasteiger partial charge in [-0.25, -0.2) is 4.39 Å². The smallest absolute Gasteiger partial charge is 0.253 e. The number of nitrogens with two attached hydrogens (primary N) is 1. The van der Waals surface area contributed by atoms with E-state index >= 15 is 0 Å². The van der Waals surface area contributed by atoms with E-state index in [9.17, 15) is 14.0 Å². The molecule has 7 nitrogen and oxygen atoms in total. The molecule has 0 bridgehead atoms. The number of hydrogen-bond acceptors (Lipinski definition) is 5. The molecular formula is C18H25FN4O3. The first-order valence-electron chi connectivity index (χ1n) is 9.00. The molecule has 1 saturated heterocycles. The van der Waals surface area contributed by atoms with Gasteiger partial charge in [-0.05, 0) is 43.5 Å². The lowest BCUT2D eigenvalue weighted by Gasteiger charge is -2.28. The van der Waals surface area contributed by atoms with Gasteiger partial charge in [-0.3, -0.25) is 9.59 Å². The van der Waals surface area contributed by atoms with Gasteiger partial charge >= 0.3 is 0 Å². The van der Waals surface area contributed by atoms with Crippen molar-refractivity contribution in [1.82, 2.24) is 5.32 Å². The summed E-state index contributed by atoms with van der Waals surface area (Å²) in [6, 6.07) is 3.78. The average molecular weight is 364 g/mol. The minimum absolute atomic E-state index is 0.0528. The molecular weight excluding hydrogens is 339 g/mol. The Balaban J connectivity index is 1.60. The first-order valence-corrected chi connectivity index (χ1v) is 9.00. The van der Waals surface area contributed by atoms with Gasteiger partial charge in [-0.2, -0.15) is 0 Å². The van der Waals surface area contributed by atoms with Crippen LogP contribution in [0.5, 0.6) is 0 Å². The fourth-order valence-electron chi connectivity index (χ4n) is 3.09. The van der Waals surface area contributed by atoms with Crippen LogP contribution in [0.15, 0.2) is 18.2 Å². The van der Waals surface area contributed by atoms with E-state index in [0.29, 0.717) is 24.8 Å². The summed E-state index contributed by atoms with van der Waals surface area (Å²) in [5, 5.41) is 5.86. The lowest BCUT2D eigenvalue weighted by Crippen LogP contribution is -2.48. The van der Waals surface area contributed by atoms with Crippen molar-refractivity contribution in [1.29, 1.82) is 0 Å². The van der Waals surface area contributed by atoms with Crippen molar-refractivity contribution in [3.05, 3.63) is 24.0 Å². The van der Waals surface area contributed by atoms with E-state index in [-0.39, 0.29) is 30.7 Å². The van der Waals surface area contributed by atoms with Crippen molar-refractivity contribution < 1.29 is 18.7 Å². The number of halogens is 1. The van der Waals surface area contributed by atoms with Crippen molar-refractivity contribution in [2.45, 2.75) is 25.3 Å². The highest BCUT2D eigenvalue weighted by Crippen LogP contribution is 2.26. The molecule has 2 fully saturated rings. The number of hydrogen-bond donors (Lipinski definition) is 3. The van der Waals surface area contributed by atoms with Gasteiger partial charge in [-0.15, -0.1) is 0 Å². The highest BCUT2D eigenvalue weighted by atomic mass is 19.1. The standard InChI is InChI=1S/C18H25FN4O3/c19-14-8-13(4-5-16(14)23-6-7-26-11-17(23)24)22-18(25)15(9-20)21-10-12-2-1-3-12/h4-5,8,12,15,21H,1-3,6-7,9-11,20H2,(H,22,25)/t15-/m0/s1. The van der Waals surface area contributed by atoms with Crippen LogP contribution in [0.1, 0.15) is 19.3 Å². The summed E-state index contributed by atoms with van der Waals surface area (Å²) in [6.07, 6.45) is 3.60. The third-order valence-corrected chi connectivity index (χ3v) is 4.92. The maximum absolute atomic E-state index is 14.4. The number of nitrogens with one attached hydrogen (secondary N) is 2. The maximum Gasteiger partial charge on any atom is 0.253 e. The second-order valence-corrected chi connectivity index (χ2v) is 6.75. The van der Waals surface area contributed by atoms with E-state index < -0.39 is 11.9 Å². The second-order valence-electron chi connectivity index (χ2n) is 6.75. The molecule has 1 aliphatic heterocycles. The summed E-state index contributed by atoms with van der Waals surface area (Å²) >= 11 is 0. The van der Waals surface area contributed by atoms with Gasteiger partial charge in [0.25, 0.3) is 5.91 Å². The van der Waals surface area contributed by atoms with Crippen molar-refractivity contribution in [3.8, 4) is 0 Å². The van der Waals surface area contributed by atoms with E-state index in [1.807, 2.05) is 0 Å². The second kappa shape index (κ2) is 8.57. The fourth-order valence-corrected chi connectivity index (χ4v) is 3.09. The minimum atomic E-state index is -0.565. The van der Waals surface area contributed by atoms with Crippen LogP contribution in [-0.2, 0) is 14.3 Å². The molecule has 1 aromatic rings. The Bertz CT molecular complexity index is 666. The van der Waals surface area contributed by atoms with E-state index in [1.165, 1.54) is 36.3 Å². The van der Waals surface area contributed by atoms with Crippen molar-refractivity contribution in [3.63, 3.8) is 0 Å². The molecule has 0 radical (unpaired) electrons. The Labute approximate surface area is 152 Å². The number of nitrogens with zero attached hydrogens (tertiary/aromatic N) is 1. The van der Waals surface area contributed by atoms with Gasteiger partial charge in [0.1, 0.15) is 12.4 Å². The van der Waals surface area contributed by atoms with Crippen LogP contribution in [0, 0.1) is 11.7 Å². The molecule has 4 N–H and O–H groups in total. The summed E-state index contributed by atoms with van der Waals surface area (Å²) in [5.74, 6) is -0.527. The topological polar surface area (TPSA) is 96.7 Å². The van der Waals surface area contributed by atoms with Crippen LogP contribution in [0.25, 0.3) is 0 Å². The zero-order chi connectivity index (χ0) is 18.5. The third-order valence-electron chi connectivity index (χ3n) is 4.92. The number of rotatable bonds is 7. The normalized spacial score (nSPS) is 19.2. The lowest BCUT2D eigenvalue weighted by atomic mass is 9.85. The quantitative estimate of drug-likeness (QED) is 0.666. The third kappa shape index (κ3) is 4.38. The zero-order valence-corrected chi connectivity index (χ0v) is 14.7. The molecule has 1 atom stereocenters. The number of morpholine rings is 1. The zero-order valence-electron chi connectivity index (χ0n) is 14.7. The molecule has 0 aromatic heterocycles. The number of amides is 2. The maximum atomic E-state index is 14.4. The molecule has 1 heterocycles. The Hall–Kier alpha value is -2.03. The average Bonchev–Trinajstić information content (AvgIpc) is 2.58. The molecule has 8 heteroatoms. The van der Waals surface area contributed by atoms with E-state index in [1.54, 1.807) is 6.07 Å². The molecule has 2 amide bonds. The first kappa shape index (κ1) is 18.8. The number of carbonyl (C=O) groups excluding carboxylic acids is 2. The Morgan fingerprint density at radius 1 is 1.42 bits per heavy atom. The number of benzene rings is 1. The van der Waals surface area contributed by atoms with E-state index in [2.05, 4.69) is 10.6 Å². The van der Waals surface area contributed by atoms with Crippen LogP contribution in [-0.4, -0.2) is 50.7 Å². The molecule has 2 aliphatic rings. The molecule has 142 valence electrons. The summed E-state index contributed by atoms with van der Waals surface area (Å²) < 4.78 is 19.5. The molecule has 1 aliphatic carbocycles. The highest BCUT2D eigenvalue weighted by molar-refractivity contribution is 5.97. The predicted octanol–water partition coefficient (Wildman–Crippen LogP) is 0.844. The van der Waals surface area contributed by atoms with Gasteiger partial charge in [0, 0.05) is 18.8 Å². The largest absolute Gasteiger partial charge is 0.370 e. The van der Waals surface area contributed by atoms with Crippen LogP contribution in [0.3, 0.4) is 0 Å². The minimum Gasteiger partial charge on any atom is -0.370 e. The molecule has 0 spiro atoms. The summed E-state index contributed by atoms with van der Waals surface area (Å²) in [6.45, 7) is 1.56. The molecule has 26 heavy (non-hydrogen) atoms. The van der Waals surface area contributed by atoms with Gasteiger partial charge in [0.2, 0.25) is 5.91 Å².